The van der Waals surface area contributed by atoms with Gasteiger partial charge in [-0.25, -0.2) is 0 Å². The van der Waals surface area contributed by atoms with E-state index in [0.29, 0.717) is 0 Å². The molecule has 5 rings (SSSR count). The molecule has 0 aliphatic carbocycles. The van der Waals surface area contributed by atoms with Crippen LogP contribution in [0.3, 0.4) is 0 Å². The van der Waals surface area contributed by atoms with Crippen molar-refractivity contribution in [1.29, 1.82) is 0 Å². The van der Waals surface area contributed by atoms with E-state index >= 15 is 0 Å². The Kier molecular flexibility index (Phi) is 4.58. The zero-order chi connectivity index (χ0) is 21.6. The lowest BCUT2D eigenvalue weighted by atomic mass is 9.90. The van der Waals surface area contributed by atoms with Crippen molar-refractivity contribution < 1.29 is 9.53 Å². The minimum atomic E-state index is -0.318. The van der Waals surface area contributed by atoms with Gasteiger partial charge in [0.15, 0.2) is 11.4 Å². The Bertz CT molecular complexity index is 1180. The highest BCUT2D eigenvalue weighted by molar-refractivity contribution is 5.96. The summed E-state index contributed by atoms with van der Waals surface area (Å²) in [6.45, 7) is 2.42. The van der Waals surface area contributed by atoms with E-state index in [0.717, 1.165) is 18.4 Å². The lowest BCUT2D eigenvalue weighted by Crippen LogP contribution is -2.62. The normalized spacial score (nSPS) is 22.3. The van der Waals surface area contributed by atoms with Crippen molar-refractivity contribution >= 4 is 5.91 Å². The van der Waals surface area contributed by atoms with Gasteiger partial charge in [0.1, 0.15) is 12.8 Å². The average molecular weight is 415 g/mol. The van der Waals surface area contributed by atoms with Gasteiger partial charge in [0.2, 0.25) is 5.43 Å². The average Bonchev–Trinajstić information content (AvgIpc) is 3.16. The molecule has 3 heterocycles. The maximum atomic E-state index is 13.4. The Morgan fingerprint density at radius 1 is 1.00 bits per heavy atom. The molecule has 2 aromatic carbocycles. The van der Waals surface area contributed by atoms with Crippen molar-refractivity contribution in [3.05, 3.63) is 100.0 Å². The number of carbonyl (C=O) groups excluding carboxylic acids is 1. The van der Waals surface area contributed by atoms with E-state index in [-0.39, 0.29) is 41.1 Å². The molecule has 2 aliphatic heterocycles. The fourth-order valence-corrected chi connectivity index (χ4v) is 4.84. The number of amides is 1. The van der Waals surface area contributed by atoms with E-state index in [9.17, 15) is 9.59 Å². The van der Waals surface area contributed by atoms with Gasteiger partial charge in [0.25, 0.3) is 5.91 Å². The summed E-state index contributed by atoms with van der Waals surface area (Å²) in [4.78, 5) is 27.8. The SMILES string of the molecule is CN1C(=O)c2c(OCc3ccccc3)c(=O)ccn2N2C1CCC2(C)c1ccccc1. The van der Waals surface area contributed by atoms with E-state index in [2.05, 4.69) is 24.1 Å². The van der Waals surface area contributed by atoms with Gasteiger partial charge in [-0.05, 0) is 30.9 Å². The lowest BCUT2D eigenvalue weighted by molar-refractivity contribution is 0.0632. The maximum Gasteiger partial charge on any atom is 0.277 e. The summed E-state index contributed by atoms with van der Waals surface area (Å²) in [5, 5.41) is 2.22. The molecule has 3 aromatic rings. The van der Waals surface area contributed by atoms with Crippen molar-refractivity contribution in [3.8, 4) is 5.75 Å². The number of fused-ring (bicyclic) bond motifs is 3. The van der Waals surface area contributed by atoms with Crippen molar-refractivity contribution in [1.82, 2.24) is 9.58 Å². The van der Waals surface area contributed by atoms with Gasteiger partial charge in [-0.1, -0.05) is 60.7 Å². The third-order valence-electron chi connectivity index (χ3n) is 6.54. The van der Waals surface area contributed by atoms with Crippen LogP contribution < -0.4 is 15.2 Å². The number of rotatable bonds is 4. The summed E-state index contributed by atoms with van der Waals surface area (Å²) in [6, 6.07) is 21.4. The first-order valence-electron chi connectivity index (χ1n) is 10.6. The van der Waals surface area contributed by atoms with Crippen LogP contribution >= 0.6 is 0 Å². The number of aromatic nitrogens is 1. The molecule has 158 valence electrons. The Morgan fingerprint density at radius 2 is 1.68 bits per heavy atom. The highest BCUT2D eigenvalue weighted by Crippen LogP contribution is 2.44. The van der Waals surface area contributed by atoms with Crippen LogP contribution in [0.4, 0.5) is 0 Å². The predicted molar refractivity (Wildman–Crippen MR) is 119 cm³/mol. The predicted octanol–water partition coefficient (Wildman–Crippen LogP) is 3.49. The van der Waals surface area contributed by atoms with Gasteiger partial charge in [0.05, 0.1) is 5.54 Å². The molecular formula is C25H25N3O3. The second kappa shape index (κ2) is 7.30. The van der Waals surface area contributed by atoms with Crippen molar-refractivity contribution in [2.75, 3.05) is 12.1 Å². The topological polar surface area (TPSA) is 54.8 Å². The monoisotopic (exact) mass is 415 g/mol. The number of hydrogen-bond donors (Lipinski definition) is 0. The summed E-state index contributed by atoms with van der Waals surface area (Å²) in [7, 11) is 1.80. The van der Waals surface area contributed by atoms with Gasteiger partial charge in [-0.2, -0.15) is 0 Å². The first-order valence-corrected chi connectivity index (χ1v) is 10.6. The van der Waals surface area contributed by atoms with Crippen LogP contribution in [0, 0.1) is 0 Å². The first-order chi connectivity index (χ1) is 15.0. The van der Waals surface area contributed by atoms with E-state index < -0.39 is 0 Å². The number of ether oxygens (including phenoxy) is 1. The van der Waals surface area contributed by atoms with Crippen LogP contribution in [0.25, 0.3) is 0 Å². The quantitative estimate of drug-likeness (QED) is 0.655. The second-order valence-corrected chi connectivity index (χ2v) is 8.40. The Balaban J connectivity index is 1.62. The fraction of sp³-hybridized carbons (Fsp3) is 0.280. The molecule has 6 heteroatoms. The van der Waals surface area contributed by atoms with Crippen LogP contribution in [-0.2, 0) is 12.1 Å². The molecule has 2 unspecified atom stereocenters. The van der Waals surface area contributed by atoms with E-state index in [4.69, 9.17) is 4.74 Å². The molecular weight excluding hydrogens is 390 g/mol. The van der Waals surface area contributed by atoms with Gasteiger partial charge in [-0.15, -0.1) is 0 Å². The summed E-state index contributed by atoms with van der Waals surface area (Å²) >= 11 is 0. The summed E-state index contributed by atoms with van der Waals surface area (Å²) in [5.41, 5.74) is 1.79. The maximum absolute atomic E-state index is 13.4. The zero-order valence-electron chi connectivity index (χ0n) is 17.7. The molecule has 1 saturated heterocycles. The highest BCUT2D eigenvalue weighted by Gasteiger charge is 2.51. The molecule has 6 nitrogen and oxygen atoms in total. The van der Waals surface area contributed by atoms with Crippen LogP contribution in [0.2, 0.25) is 0 Å². The smallest absolute Gasteiger partial charge is 0.277 e. The molecule has 31 heavy (non-hydrogen) atoms. The first kappa shape index (κ1) is 19.4. The highest BCUT2D eigenvalue weighted by atomic mass is 16.5. The molecule has 2 atom stereocenters. The molecule has 0 saturated carbocycles. The molecule has 0 N–H and O–H groups in total. The van der Waals surface area contributed by atoms with E-state index in [1.807, 2.05) is 53.2 Å². The molecule has 0 bridgehead atoms. The second-order valence-electron chi connectivity index (χ2n) is 8.40. The van der Waals surface area contributed by atoms with Gasteiger partial charge in [-0.3, -0.25) is 19.3 Å². The summed E-state index contributed by atoms with van der Waals surface area (Å²) in [5.74, 6) is -0.0942. The Labute approximate surface area is 181 Å². The molecule has 1 fully saturated rings. The largest absolute Gasteiger partial charge is 0.482 e. The summed E-state index contributed by atoms with van der Waals surface area (Å²) in [6.07, 6.45) is 3.36. The fourth-order valence-electron chi connectivity index (χ4n) is 4.84. The van der Waals surface area contributed by atoms with Crippen LogP contribution in [0.15, 0.2) is 77.7 Å². The van der Waals surface area contributed by atoms with Crippen molar-refractivity contribution in [2.24, 2.45) is 0 Å². The van der Waals surface area contributed by atoms with Crippen LogP contribution in [0.5, 0.6) is 5.75 Å². The van der Waals surface area contributed by atoms with E-state index in [1.54, 1.807) is 18.1 Å². The number of nitrogens with zero attached hydrogens (tertiary/aromatic N) is 3. The Hall–Kier alpha value is -3.54. The number of pyridine rings is 1. The standard InChI is InChI=1S/C25H25N3O3/c1-25(19-11-7-4-8-12-19)15-13-21-26(2)24(30)22-23(20(29)14-16-27(22)28(21)25)31-17-18-9-5-3-6-10-18/h3-12,14,16,21H,13,15,17H2,1-2H3. The number of benzene rings is 2. The molecule has 1 aromatic heterocycles. The number of carbonyl (C=O) groups is 1. The molecule has 0 radical (unpaired) electrons. The third kappa shape index (κ3) is 3.02. The van der Waals surface area contributed by atoms with Gasteiger partial charge >= 0.3 is 0 Å². The molecule has 2 aliphatic rings. The molecule has 0 spiro atoms. The van der Waals surface area contributed by atoms with Crippen LogP contribution in [-0.4, -0.2) is 28.7 Å². The van der Waals surface area contributed by atoms with Crippen LogP contribution in [0.1, 0.15) is 41.4 Å². The summed E-state index contributed by atoms with van der Waals surface area (Å²) < 4.78 is 7.80. The third-order valence-corrected chi connectivity index (χ3v) is 6.54. The minimum Gasteiger partial charge on any atom is -0.482 e. The molecule has 1 amide bonds. The van der Waals surface area contributed by atoms with Gasteiger partial charge < -0.3 is 9.64 Å². The Morgan fingerprint density at radius 3 is 2.39 bits per heavy atom. The van der Waals surface area contributed by atoms with E-state index in [1.165, 1.54) is 11.6 Å². The van der Waals surface area contributed by atoms with Crippen molar-refractivity contribution in [3.63, 3.8) is 0 Å². The zero-order valence-corrected chi connectivity index (χ0v) is 17.7. The van der Waals surface area contributed by atoms with Crippen molar-refractivity contribution in [2.45, 2.75) is 38.1 Å². The minimum absolute atomic E-state index is 0.0883. The number of hydrogen-bond acceptors (Lipinski definition) is 4. The lowest BCUT2D eigenvalue weighted by Gasteiger charge is -2.48. The van der Waals surface area contributed by atoms with Gasteiger partial charge in [0, 0.05) is 19.3 Å².